The average Bonchev–Trinajstić information content (AvgIpc) is 2.15. The topological polar surface area (TPSA) is 64.9 Å². The third-order valence-corrected chi connectivity index (χ3v) is 1.95. The first-order valence-corrected chi connectivity index (χ1v) is 4.32. The van der Waals surface area contributed by atoms with Crippen LogP contribution in [0.15, 0.2) is 31.0 Å². The normalized spacial score (nSPS) is 12.4. The third kappa shape index (κ3) is 2.56. The number of pyridine rings is 1. The number of allylic oxidation sites excluding steroid dienone is 1. The van der Waals surface area contributed by atoms with Gasteiger partial charge in [-0.05, 0) is 18.9 Å². The van der Waals surface area contributed by atoms with Crippen LogP contribution in [0.3, 0.4) is 0 Å². The van der Waals surface area contributed by atoms with E-state index in [1.54, 1.807) is 6.20 Å². The number of nitrogens with zero attached hydrogens (tertiary/aromatic N) is 1. The second kappa shape index (κ2) is 4.62. The maximum Gasteiger partial charge on any atom is 0.128 e. The van der Waals surface area contributed by atoms with E-state index in [9.17, 15) is 0 Å². The van der Waals surface area contributed by atoms with Crippen molar-refractivity contribution in [1.82, 2.24) is 4.98 Å². The summed E-state index contributed by atoms with van der Waals surface area (Å²) in [4.78, 5) is 3.98. The Morgan fingerprint density at radius 3 is 3.00 bits per heavy atom. The molecule has 0 aliphatic rings. The minimum Gasteiger partial charge on any atom is -0.383 e. The molecule has 0 unspecified atom stereocenters. The standard InChI is InChI=1S/C10H15N3/c1-2-3-6-9(11)8-5-4-7-13-10(8)12/h2,4-5,7,9H,1,3,6,11H2,(H2,12,13)/t9-/m1/s1. The highest BCUT2D eigenvalue weighted by Gasteiger charge is 2.08. The molecule has 1 aromatic rings. The fourth-order valence-electron chi connectivity index (χ4n) is 1.20. The SMILES string of the molecule is C=CCC[C@@H](N)c1cccnc1N. The van der Waals surface area contributed by atoms with Gasteiger partial charge in [0.1, 0.15) is 5.82 Å². The van der Waals surface area contributed by atoms with Gasteiger partial charge >= 0.3 is 0 Å². The van der Waals surface area contributed by atoms with Crippen molar-refractivity contribution < 1.29 is 0 Å². The van der Waals surface area contributed by atoms with Crippen LogP contribution in [0.4, 0.5) is 5.82 Å². The number of nitrogens with two attached hydrogens (primary N) is 2. The maximum atomic E-state index is 5.91. The second-order valence-corrected chi connectivity index (χ2v) is 2.95. The predicted molar refractivity (Wildman–Crippen MR) is 55.0 cm³/mol. The molecule has 1 atom stereocenters. The van der Waals surface area contributed by atoms with Crippen molar-refractivity contribution in [2.24, 2.45) is 5.73 Å². The first-order chi connectivity index (χ1) is 6.25. The van der Waals surface area contributed by atoms with Crippen LogP contribution in [-0.4, -0.2) is 4.98 Å². The van der Waals surface area contributed by atoms with Crippen molar-refractivity contribution >= 4 is 5.82 Å². The van der Waals surface area contributed by atoms with E-state index in [0.29, 0.717) is 5.82 Å². The molecule has 1 rings (SSSR count). The molecule has 13 heavy (non-hydrogen) atoms. The van der Waals surface area contributed by atoms with Crippen molar-refractivity contribution in [3.05, 3.63) is 36.5 Å². The number of anilines is 1. The summed E-state index contributed by atoms with van der Waals surface area (Å²) in [5.74, 6) is 0.527. The lowest BCUT2D eigenvalue weighted by Gasteiger charge is -2.11. The van der Waals surface area contributed by atoms with Crippen LogP contribution in [0.1, 0.15) is 24.4 Å². The number of rotatable bonds is 4. The molecule has 0 saturated carbocycles. The molecule has 0 radical (unpaired) electrons. The molecule has 1 aromatic heterocycles. The first-order valence-electron chi connectivity index (χ1n) is 4.32. The summed E-state index contributed by atoms with van der Waals surface area (Å²) in [5.41, 5.74) is 12.5. The van der Waals surface area contributed by atoms with E-state index < -0.39 is 0 Å². The minimum absolute atomic E-state index is 0.0355. The van der Waals surface area contributed by atoms with Gasteiger partial charge in [0.2, 0.25) is 0 Å². The van der Waals surface area contributed by atoms with Crippen LogP contribution in [0.2, 0.25) is 0 Å². The Balaban J connectivity index is 2.70. The van der Waals surface area contributed by atoms with E-state index >= 15 is 0 Å². The summed E-state index contributed by atoms with van der Waals surface area (Å²) in [6.07, 6.45) is 5.28. The quantitative estimate of drug-likeness (QED) is 0.687. The molecule has 0 spiro atoms. The van der Waals surface area contributed by atoms with E-state index in [-0.39, 0.29) is 6.04 Å². The highest BCUT2D eigenvalue weighted by molar-refractivity contribution is 5.40. The van der Waals surface area contributed by atoms with Crippen LogP contribution in [-0.2, 0) is 0 Å². The molecule has 0 amide bonds. The van der Waals surface area contributed by atoms with Crippen molar-refractivity contribution in [1.29, 1.82) is 0 Å². The molecule has 0 bridgehead atoms. The van der Waals surface area contributed by atoms with E-state index in [0.717, 1.165) is 18.4 Å². The van der Waals surface area contributed by atoms with Gasteiger partial charge in [-0.3, -0.25) is 0 Å². The summed E-state index contributed by atoms with van der Waals surface area (Å²) in [6, 6.07) is 3.72. The molecule has 0 aliphatic heterocycles. The lowest BCUT2D eigenvalue weighted by molar-refractivity contribution is 0.661. The van der Waals surface area contributed by atoms with Gasteiger partial charge in [-0.15, -0.1) is 6.58 Å². The van der Waals surface area contributed by atoms with Crippen LogP contribution in [0, 0.1) is 0 Å². The zero-order valence-electron chi connectivity index (χ0n) is 7.61. The summed E-state index contributed by atoms with van der Waals surface area (Å²) < 4.78 is 0. The lowest BCUT2D eigenvalue weighted by Crippen LogP contribution is -2.12. The highest BCUT2D eigenvalue weighted by Crippen LogP contribution is 2.19. The Morgan fingerprint density at radius 2 is 2.38 bits per heavy atom. The fraction of sp³-hybridized carbons (Fsp3) is 0.300. The van der Waals surface area contributed by atoms with Crippen LogP contribution in [0.25, 0.3) is 0 Å². The highest BCUT2D eigenvalue weighted by atomic mass is 14.8. The average molecular weight is 177 g/mol. The molecule has 4 N–H and O–H groups in total. The molecular weight excluding hydrogens is 162 g/mol. The van der Waals surface area contributed by atoms with Gasteiger partial charge in [-0.1, -0.05) is 12.1 Å². The van der Waals surface area contributed by atoms with Gasteiger partial charge in [-0.25, -0.2) is 4.98 Å². The van der Waals surface area contributed by atoms with E-state index in [2.05, 4.69) is 11.6 Å². The second-order valence-electron chi connectivity index (χ2n) is 2.95. The monoisotopic (exact) mass is 177 g/mol. The summed E-state index contributed by atoms with van der Waals surface area (Å²) in [7, 11) is 0. The molecule has 0 saturated heterocycles. The number of aromatic nitrogens is 1. The molecule has 70 valence electrons. The number of hydrogen-bond donors (Lipinski definition) is 2. The Labute approximate surface area is 78.5 Å². The van der Waals surface area contributed by atoms with Gasteiger partial charge in [0.05, 0.1) is 0 Å². The van der Waals surface area contributed by atoms with Crippen molar-refractivity contribution in [3.8, 4) is 0 Å². The smallest absolute Gasteiger partial charge is 0.128 e. The van der Waals surface area contributed by atoms with E-state index in [1.165, 1.54) is 0 Å². The van der Waals surface area contributed by atoms with E-state index in [4.69, 9.17) is 11.5 Å². The van der Waals surface area contributed by atoms with Gasteiger partial charge < -0.3 is 11.5 Å². The molecule has 3 nitrogen and oxygen atoms in total. The predicted octanol–water partition coefficient (Wildman–Crippen LogP) is 1.63. The summed E-state index contributed by atoms with van der Waals surface area (Å²) >= 11 is 0. The zero-order chi connectivity index (χ0) is 9.68. The first kappa shape index (κ1) is 9.74. The van der Waals surface area contributed by atoms with Crippen LogP contribution < -0.4 is 11.5 Å². The molecule has 0 aliphatic carbocycles. The van der Waals surface area contributed by atoms with Crippen LogP contribution in [0.5, 0.6) is 0 Å². The molecule has 3 heteroatoms. The fourth-order valence-corrected chi connectivity index (χ4v) is 1.20. The Hall–Kier alpha value is -1.35. The minimum atomic E-state index is -0.0355. The van der Waals surface area contributed by atoms with Crippen molar-refractivity contribution in [3.63, 3.8) is 0 Å². The van der Waals surface area contributed by atoms with Crippen molar-refractivity contribution in [2.45, 2.75) is 18.9 Å². The Morgan fingerprint density at radius 1 is 1.62 bits per heavy atom. The molecule has 1 heterocycles. The van der Waals surface area contributed by atoms with Gasteiger partial charge in [-0.2, -0.15) is 0 Å². The van der Waals surface area contributed by atoms with Crippen LogP contribution >= 0.6 is 0 Å². The largest absolute Gasteiger partial charge is 0.383 e. The third-order valence-electron chi connectivity index (χ3n) is 1.95. The number of hydrogen-bond acceptors (Lipinski definition) is 3. The Bertz CT molecular complexity index is 283. The lowest BCUT2D eigenvalue weighted by atomic mass is 10.0. The summed E-state index contributed by atoms with van der Waals surface area (Å²) in [6.45, 7) is 3.65. The van der Waals surface area contributed by atoms with Gasteiger partial charge in [0.25, 0.3) is 0 Å². The van der Waals surface area contributed by atoms with E-state index in [1.807, 2.05) is 18.2 Å². The molecular formula is C10H15N3. The van der Waals surface area contributed by atoms with Crippen molar-refractivity contribution in [2.75, 3.05) is 5.73 Å². The summed E-state index contributed by atoms with van der Waals surface area (Å²) in [5, 5.41) is 0. The number of nitrogen functional groups attached to an aromatic ring is 1. The van der Waals surface area contributed by atoms with Gasteiger partial charge in [0.15, 0.2) is 0 Å². The van der Waals surface area contributed by atoms with Gasteiger partial charge in [0, 0.05) is 17.8 Å². The Kier molecular flexibility index (Phi) is 3.46. The molecule has 0 fully saturated rings. The molecule has 0 aromatic carbocycles. The zero-order valence-corrected chi connectivity index (χ0v) is 7.61. The maximum absolute atomic E-state index is 5.91.